The number of rotatable bonds is 5. The number of aliphatic hydroxyl groups excluding tert-OH is 2. The van der Waals surface area contributed by atoms with Gasteiger partial charge in [-0.3, -0.25) is 4.79 Å². The maximum Gasteiger partial charge on any atom is 0.185 e. The topological polar surface area (TPSA) is 96.4 Å². The SMILES string of the molecule is CC(=O)SCCC(O)C(O)c1ccc(N)nc1C. The van der Waals surface area contributed by atoms with E-state index in [1.54, 1.807) is 19.1 Å². The van der Waals surface area contributed by atoms with Gasteiger partial charge in [0.25, 0.3) is 0 Å². The highest BCUT2D eigenvalue weighted by Gasteiger charge is 2.20. The van der Waals surface area contributed by atoms with Crippen molar-refractivity contribution in [3.05, 3.63) is 23.4 Å². The zero-order valence-electron chi connectivity index (χ0n) is 10.5. The lowest BCUT2D eigenvalue weighted by atomic mass is 10.0. The van der Waals surface area contributed by atoms with Gasteiger partial charge >= 0.3 is 0 Å². The monoisotopic (exact) mass is 270 g/mol. The summed E-state index contributed by atoms with van der Waals surface area (Å²) in [5.74, 6) is 0.861. The number of carbonyl (C=O) groups is 1. The Morgan fingerprint density at radius 2 is 2.17 bits per heavy atom. The fourth-order valence-corrected chi connectivity index (χ4v) is 2.24. The minimum Gasteiger partial charge on any atom is -0.390 e. The average molecular weight is 270 g/mol. The zero-order valence-corrected chi connectivity index (χ0v) is 11.3. The lowest BCUT2D eigenvalue weighted by Gasteiger charge is -2.19. The van der Waals surface area contributed by atoms with E-state index < -0.39 is 12.2 Å². The molecule has 4 N–H and O–H groups in total. The highest BCUT2D eigenvalue weighted by molar-refractivity contribution is 8.13. The van der Waals surface area contributed by atoms with Crippen molar-refractivity contribution in [2.75, 3.05) is 11.5 Å². The van der Waals surface area contributed by atoms with Gasteiger partial charge in [0.1, 0.15) is 11.9 Å². The van der Waals surface area contributed by atoms with E-state index in [0.29, 0.717) is 29.2 Å². The van der Waals surface area contributed by atoms with Crippen LogP contribution in [0.25, 0.3) is 0 Å². The molecule has 0 aliphatic carbocycles. The number of aliphatic hydroxyl groups is 2. The number of aromatic nitrogens is 1. The second-order valence-corrected chi connectivity index (χ2v) is 5.32. The molecule has 0 aliphatic heterocycles. The molecule has 0 aromatic carbocycles. The van der Waals surface area contributed by atoms with E-state index in [-0.39, 0.29) is 5.12 Å². The lowest BCUT2D eigenvalue weighted by molar-refractivity contribution is -0.109. The van der Waals surface area contributed by atoms with Crippen LogP contribution in [0.3, 0.4) is 0 Å². The molecule has 100 valence electrons. The number of hydrogen-bond acceptors (Lipinski definition) is 6. The summed E-state index contributed by atoms with van der Waals surface area (Å²) in [7, 11) is 0. The standard InChI is InChI=1S/C12H18N2O3S/c1-7-9(3-4-11(13)14-7)12(17)10(16)5-6-18-8(2)15/h3-4,10,12,16-17H,5-6H2,1-2H3,(H2,13,14). The fraction of sp³-hybridized carbons (Fsp3) is 0.500. The molecule has 1 aromatic rings. The normalized spacial score (nSPS) is 14.2. The van der Waals surface area contributed by atoms with E-state index in [0.717, 1.165) is 11.8 Å². The number of nitrogens with two attached hydrogens (primary N) is 1. The maximum absolute atomic E-state index is 10.8. The summed E-state index contributed by atoms with van der Waals surface area (Å²) in [4.78, 5) is 14.8. The first kappa shape index (κ1) is 14.9. The van der Waals surface area contributed by atoms with E-state index >= 15 is 0 Å². The molecule has 0 bridgehead atoms. The van der Waals surface area contributed by atoms with Crippen LogP contribution in [0.2, 0.25) is 0 Å². The predicted molar refractivity (Wildman–Crippen MR) is 72.1 cm³/mol. The van der Waals surface area contributed by atoms with Crippen molar-refractivity contribution < 1.29 is 15.0 Å². The Morgan fingerprint density at radius 1 is 1.50 bits per heavy atom. The lowest BCUT2D eigenvalue weighted by Crippen LogP contribution is -2.20. The minimum absolute atomic E-state index is 0.00187. The number of carbonyl (C=O) groups excluding carboxylic acids is 1. The molecular formula is C12H18N2O3S. The van der Waals surface area contributed by atoms with Crippen LogP contribution in [0.15, 0.2) is 12.1 Å². The summed E-state index contributed by atoms with van der Waals surface area (Å²) in [5, 5.41) is 19.8. The second kappa shape index (κ2) is 6.72. The average Bonchev–Trinajstić information content (AvgIpc) is 2.27. The summed E-state index contributed by atoms with van der Waals surface area (Å²) < 4.78 is 0. The summed E-state index contributed by atoms with van der Waals surface area (Å²) >= 11 is 1.13. The van der Waals surface area contributed by atoms with Gasteiger partial charge in [0.15, 0.2) is 5.12 Å². The Kier molecular flexibility index (Phi) is 5.58. The number of hydrogen-bond donors (Lipinski definition) is 3. The quantitative estimate of drug-likeness (QED) is 0.739. The van der Waals surface area contributed by atoms with Gasteiger partial charge < -0.3 is 15.9 Å². The highest BCUT2D eigenvalue weighted by Crippen LogP contribution is 2.23. The summed E-state index contributed by atoms with van der Waals surface area (Å²) in [5.41, 5.74) is 6.68. The zero-order chi connectivity index (χ0) is 13.7. The number of thioether (sulfide) groups is 1. The van der Waals surface area contributed by atoms with Gasteiger partial charge in [-0.1, -0.05) is 17.8 Å². The molecule has 1 rings (SSSR count). The molecule has 0 amide bonds. The Balaban J connectivity index is 2.62. The Bertz CT molecular complexity index is 426. The number of anilines is 1. The Hall–Kier alpha value is -1.11. The van der Waals surface area contributed by atoms with Gasteiger partial charge in [0.2, 0.25) is 0 Å². The van der Waals surface area contributed by atoms with E-state index in [9.17, 15) is 15.0 Å². The van der Waals surface area contributed by atoms with E-state index in [4.69, 9.17) is 5.73 Å². The van der Waals surface area contributed by atoms with Crippen molar-refractivity contribution in [1.82, 2.24) is 4.98 Å². The van der Waals surface area contributed by atoms with E-state index in [1.165, 1.54) is 6.92 Å². The van der Waals surface area contributed by atoms with Crippen molar-refractivity contribution in [1.29, 1.82) is 0 Å². The predicted octanol–water partition coefficient (Wildman–Crippen LogP) is 1.04. The van der Waals surface area contributed by atoms with Crippen molar-refractivity contribution in [3.8, 4) is 0 Å². The highest BCUT2D eigenvalue weighted by atomic mass is 32.2. The molecule has 6 heteroatoms. The largest absolute Gasteiger partial charge is 0.390 e. The van der Waals surface area contributed by atoms with Crippen LogP contribution in [-0.4, -0.2) is 32.2 Å². The molecule has 0 aliphatic rings. The first-order valence-electron chi connectivity index (χ1n) is 5.64. The van der Waals surface area contributed by atoms with Gasteiger partial charge in [-0.05, 0) is 19.4 Å². The van der Waals surface area contributed by atoms with Crippen LogP contribution in [0.1, 0.15) is 30.7 Å². The third-order valence-electron chi connectivity index (χ3n) is 2.55. The van der Waals surface area contributed by atoms with Gasteiger partial charge in [-0.25, -0.2) is 4.98 Å². The van der Waals surface area contributed by atoms with Crippen molar-refractivity contribution in [3.63, 3.8) is 0 Å². The maximum atomic E-state index is 10.8. The van der Waals surface area contributed by atoms with E-state index in [1.807, 2.05) is 0 Å². The Morgan fingerprint density at radius 3 is 2.72 bits per heavy atom. The van der Waals surface area contributed by atoms with Crippen molar-refractivity contribution in [2.24, 2.45) is 0 Å². The van der Waals surface area contributed by atoms with Crippen molar-refractivity contribution in [2.45, 2.75) is 32.5 Å². The molecule has 1 aromatic heterocycles. The van der Waals surface area contributed by atoms with Crippen LogP contribution < -0.4 is 5.73 Å². The number of aryl methyl sites for hydroxylation is 1. The van der Waals surface area contributed by atoms with Crippen LogP contribution in [0, 0.1) is 6.92 Å². The van der Waals surface area contributed by atoms with Crippen molar-refractivity contribution >= 4 is 22.7 Å². The first-order chi connectivity index (χ1) is 8.41. The molecule has 1 heterocycles. The molecule has 18 heavy (non-hydrogen) atoms. The van der Waals surface area contributed by atoms with Crippen LogP contribution in [-0.2, 0) is 4.79 Å². The Labute approximate surface area is 110 Å². The van der Waals surface area contributed by atoms with Crippen LogP contribution in [0.4, 0.5) is 5.82 Å². The first-order valence-corrected chi connectivity index (χ1v) is 6.63. The summed E-state index contributed by atoms with van der Waals surface area (Å²) in [6.45, 7) is 3.20. The molecule has 0 saturated carbocycles. The molecule has 5 nitrogen and oxygen atoms in total. The molecule has 0 radical (unpaired) electrons. The molecule has 2 atom stereocenters. The smallest absolute Gasteiger partial charge is 0.185 e. The van der Waals surface area contributed by atoms with Crippen LogP contribution >= 0.6 is 11.8 Å². The summed E-state index contributed by atoms with van der Waals surface area (Å²) in [6, 6.07) is 3.24. The van der Waals surface area contributed by atoms with Gasteiger partial charge in [0, 0.05) is 23.9 Å². The summed E-state index contributed by atoms with van der Waals surface area (Å²) in [6.07, 6.45) is -1.58. The molecular weight excluding hydrogens is 252 g/mol. The molecule has 0 fully saturated rings. The minimum atomic E-state index is -1.01. The number of pyridine rings is 1. The number of nitrogens with zero attached hydrogens (tertiary/aromatic N) is 1. The van der Waals surface area contributed by atoms with Gasteiger partial charge in [-0.2, -0.15) is 0 Å². The fourth-order valence-electron chi connectivity index (χ4n) is 1.59. The second-order valence-electron chi connectivity index (χ2n) is 4.05. The third kappa shape index (κ3) is 4.29. The molecule has 0 spiro atoms. The van der Waals surface area contributed by atoms with Gasteiger partial charge in [0.05, 0.1) is 6.10 Å². The molecule has 2 unspecified atom stereocenters. The third-order valence-corrected chi connectivity index (χ3v) is 3.40. The van der Waals surface area contributed by atoms with Gasteiger partial charge in [-0.15, -0.1) is 0 Å². The number of nitrogen functional groups attached to an aromatic ring is 1. The molecule has 0 saturated heterocycles. The van der Waals surface area contributed by atoms with Crippen LogP contribution in [0.5, 0.6) is 0 Å². The van der Waals surface area contributed by atoms with E-state index in [2.05, 4.69) is 4.98 Å².